The number of benzene rings is 1. The summed E-state index contributed by atoms with van der Waals surface area (Å²) in [5.74, 6) is -0.309. The molecule has 1 aliphatic heterocycles. The van der Waals surface area contributed by atoms with E-state index < -0.39 is 0 Å². The van der Waals surface area contributed by atoms with Gasteiger partial charge in [0.15, 0.2) is 0 Å². The summed E-state index contributed by atoms with van der Waals surface area (Å²) in [6.45, 7) is 4.86. The molecule has 5 heteroatoms. The van der Waals surface area contributed by atoms with E-state index >= 15 is 0 Å². The lowest BCUT2D eigenvalue weighted by molar-refractivity contribution is -0.137. The topological polar surface area (TPSA) is 49.4 Å². The Hall–Kier alpha value is -1.36. The second kappa shape index (κ2) is 7.77. The van der Waals surface area contributed by atoms with Crippen LogP contribution in [0.1, 0.15) is 44.6 Å². The lowest BCUT2D eigenvalue weighted by atomic mass is 9.99. The smallest absolute Gasteiger partial charge is 0.233 e. The maximum absolute atomic E-state index is 12.3. The third-order valence-electron chi connectivity index (χ3n) is 4.19. The highest BCUT2D eigenvalue weighted by Crippen LogP contribution is 2.22. The number of likely N-dealkylation sites (tertiary alicyclic amines) is 1. The molecule has 0 radical (unpaired) electrons. The average molecular weight is 367 g/mol. The van der Waals surface area contributed by atoms with Crippen LogP contribution in [0.25, 0.3) is 0 Å². The van der Waals surface area contributed by atoms with E-state index in [0.717, 1.165) is 35.8 Å². The van der Waals surface area contributed by atoms with E-state index in [9.17, 15) is 9.59 Å². The van der Waals surface area contributed by atoms with Crippen molar-refractivity contribution in [1.82, 2.24) is 4.90 Å². The van der Waals surface area contributed by atoms with Crippen molar-refractivity contribution in [2.45, 2.75) is 52.0 Å². The van der Waals surface area contributed by atoms with Crippen molar-refractivity contribution in [2.75, 3.05) is 11.9 Å². The summed E-state index contributed by atoms with van der Waals surface area (Å²) in [6.07, 6.45) is 4.13. The fourth-order valence-electron chi connectivity index (χ4n) is 2.87. The van der Waals surface area contributed by atoms with Gasteiger partial charge in [0.2, 0.25) is 11.8 Å². The van der Waals surface area contributed by atoms with Crippen molar-refractivity contribution in [3.63, 3.8) is 0 Å². The summed E-state index contributed by atoms with van der Waals surface area (Å²) in [6, 6.07) is 5.92. The SMILES string of the molecule is CCC1CCCCN1C(=O)CC(=O)Nc1ccc(C)c(Br)c1. The van der Waals surface area contributed by atoms with Crippen LogP contribution >= 0.6 is 15.9 Å². The van der Waals surface area contributed by atoms with E-state index in [1.165, 1.54) is 6.42 Å². The van der Waals surface area contributed by atoms with Gasteiger partial charge in [-0.3, -0.25) is 9.59 Å². The Bertz CT molecular complexity index is 560. The van der Waals surface area contributed by atoms with Crippen LogP contribution in [0.15, 0.2) is 22.7 Å². The highest BCUT2D eigenvalue weighted by Gasteiger charge is 2.26. The van der Waals surface area contributed by atoms with E-state index in [2.05, 4.69) is 28.2 Å². The molecule has 1 N–H and O–H groups in total. The monoisotopic (exact) mass is 366 g/mol. The molecule has 1 heterocycles. The summed E-state index contributed by atoms with van der Waals surface area (Å²) in [7, 11) is 0. The van der Waals surface area contributed by atoms with Crippen molar-refractivity contribution in [1.29, 1.82) is 0 Å². The minimum atomic E-state index is -0.249. The van der Waals surface area contributed by atoms with E-state index in [1.54, 1.807) is 0 Å². The number of nitrogens with zero attached hydrogens (tertiary/aromatic N) is 1. The first-order valence-electron chi connectivity index (χ1n) is 7.86. The lowest BCUT2D eigenvalue weighted by Crippen LogP contribution is -2.44. The third kappa shape index (κ3) is 4.32. The Morgan fingerprint density at radius 2 is 2.14 bits per heavy atom. The molecule has 1 aromatic rings. The fraction of sp³-hybridized carbons (Fsp3) is 0.529. The molecule has 0 bridgehead atoms. The van der Waals surface area contributed by atoms with Gasteiger partial charge >= 0.3 is 0 Å². The molecule has 120 valence electrons. The van der Waals surface area contributed by atoms with Crippen molar-refractivity contribution < 1.29 is 9.59 Å². The van der Waals surface area contributed by atoms with Crippen LogP contribution in [-0.4, -0.2) is 29.3 Å². The number of aryl methyl sites for hydroxylation is 1. The third-order valence-corrected chi connectivity index (χ3v) is 5.04. The molecule has 4 nitrogen and oxygen atoms in total. The number of hydrogen-bond acceptors (Lipinski definition) is 2. The Labute approximate surface area is 140 Å². The van der Waals surface area contributed by atoms with Crippen LogP contribution in [-0.2, 0) is 9.59 Å². The first-order chi connectivity index (χ1) is 10.5. The van der Waals surface area contributed by atoms with Crippen LogP contribution in [0.3, 0.4) is 0 Å². The predicted molar refractivity (Wildman–Crippen MR) is 91.8 cm³/mol. The molecule has 1 aliphatic rings. The molecule has 2 rings (SSSR count). The zero-order valence-electron chi connectivity index (χ0n) is 13.2. The van der Waals surface area contributed by atoms with Gasteiger partial charge in [0, 0.05) is 22.7 Å². The number of hydrogen-bond donors (Lipinski definition) is 1. The molecule has 1 aromatic carbocycles. The summed E-state index contributed by atoms with van der Waals surface area (Å²) < 4.78 is 0.943. The predicted octanol–water partition coefficient (Wildman–Crippen LogP) is 3.88. The second-order valence-corrected chi connectivity index (χ2v) is 6.69. The van der Waals surface area contributed by atoms with Gasteiger partial charge in [-0.2, -0.15) is 0 Å². The molecule has 1 atom stereocenters. The first kappa shape index (κ1) is 17.0. The van der Waals surface area contributed by atoms with E-state index in [0.29, 0.717) is 11.7 Å². The van der Waals surface area contributed by atoms with Gasteiger partial charge in [0.05, 0.1) is 0 Å². The second-order valence-electron chi connectivity index (χ2n) is 5.83. The van der Waals surface area contributed by atoms with E-state index in [-0.39, 0.29) is 18.2 Å². The summed E-state index contributed by atoms with van der Waals surface area (Å²) >= 11 is 3.44. The first-order valence-corrected chi connectivity index (χ1v) is 8.66. The maximum atomic E-state index is 12.3. The van der Waals surface area contributed by atoms with Crippen molar-refractivity contribution in [3.8, 4) is 0 Å². The Kier molecular flexibility index (Phi) is 6.00. The molecule has 1 fully saturated rings. The minimum Gasteiger partial charge on any atom is -0.339 e. The number of rotatable bonds is 4. The Morgan fingerprint density at radius 3 is 2.82 bits per heavy atom. The van der Waals surface area contributed by atoms with Gasteiger partial charge in [-0.1, -0.05) is 28.9 Å². The van der Waals surface area contributed by atoms with Gasteiger partial charge in [-0.15, -0.1) is 0 Å². The number of amides is 2. The standard InChI is InChI=1S/C17H23BrN2O2/c1-3-14-6-4-5-9-20(14)17(22)11-16(21)19-13-8-7-12(2)15(18)10-13/h7-8,10,14H,3-6,9,11H2,1-2H3,(H,19,21). The van der Waals surface area contributed by atoms with Gasteiger partial charge < -0.3 is 10.2 Å². The number of carbonyl (C=O) groups is 2. The molecule has 0 aliphatic carbocycles. The van der Waals surface area contributed by atoms with Crippen LogP contribution in [0.5, 0.6) is 0 Å². The normalized spacial score (nSPS) is 18.1. The van der Waals surface area contributed by atoms with E-state index in [4.69, 9.17) is 0 Å². The Balaban J connectivity index is 1.93. The summed E-state index contributed by atoms with van der Waals surface area (Å²) in [5, 5.41) is 2.80. The highest BCUT2D eigenvalue weighted by molar-refractivity contribution is 9.10. The van der Waals surface area contributed by atoms with Gasteiger partial charge in [-0.25, -0.2) is 0 Å². The molecular weight excluding hydrogens is 344 g/mol. The Morgan fingerprint density at radius 1 is 1.36 bits per heavy atom. The van der Waals surface area contributed by atoms with Crippen molar-refractivity contribution in [2.24, 2.45) is 0 Å². The van der Waals surface area contributed by atoms with Gasteiger partial charge in [0.1, 0.15) is 6.42 Å². The zero-order chi connectivity index (χ0) is 16.1. The number of halogens is 1. The van der Waals surface area contributed by atoms with Crippen LogP contribution < -0.4 is 5.32 Å². The number of piperidine rings is 1. The van der Waals surface area contributed by atoms with Crippen molar-refractivity contribution in [3.05, 3.63) is 28.2 Å². The zero-order valence-corrected chi connectivity index (χ0v) is 14.8. The number of carbonyl (C=O) groups excluding carboxylic acids is 2. The summed E-state index contributed by atoms with van der Waals surface area (Å²) in [4.78, 5) is 26.3. The minimum absolute atomic E-state index is 0.0600. The molecule has 0 aromatic heterocycles. The van der Waals surface area contributed by atoms with Crippen LogP contribution in [0, 0.1) is 6.92 Å². The quantitative estimate of drug-likeness (QED) is 0.822. The molecule has 2 amide bonds. The lowest BCUT2D eigenvalue weighted by Gasteiger charge is -2.35. The maximum Gasteiger partial charge on any atom is 0.233 e. The molecule has 1 saturated heterocycles. The fourth-order valence-corrected chi connectivity index (χ4v) is 3.25. The molecule has 0 saturated carbocycles. The molecular formula is C17H23BrN2O2. The number of anilines is 1. The summed E-state index contributed by atoms with van der Waals surface area (Å²) in [5.41, 5.74) is 1.81. The largest absolute Gasteiger partial charge is 0.339 e. The van der Waals surface area contributed by atoms with Crippen LogP contribution in [0.2, 0.25) is 0 Å². The average Bonchev–Trinajstić information content (AvgIpc) is 2.50. The molecule has 1 unspecified atom stereocenters. The van der Waals surface area contributed by atoms with Crippen molar-refractivity contribution >= 4 is 33.4 Å². The highest BCUT2D eigenvalue weighted by atomic mass is 79.9. The number of nitrogens with one attached hydrogen (secondary N) is 1. The van der Waals surface area contributed by atoms with Crippen LogP contribution in [0.4, 0.5) is 5.69 Å². The molecule has 0 spiro atoms. The van der Waals surface area contributed by atoms with Gasteiger partial charge in [0.25, 0.3) is 0 Å². The molecule has 22 heavy (non-hydrogen) atoms. The van der Waals surface area contributed by atoms with E-state index in [1.807, 2.05) is 30.0 Å². The van der Waals surface area contributed by atoms with Gasteiger partial charge in [-0.05, 0) is 50.3 Å².